The van der Waals surface area contributed by atoms with Crippen molar-refractivity contribution < 1.29 is 4.43 Å². The van der Waals surface area contributed by atoms with Crippen molar-refractivity contribution in [3.8, 4) is 0 Å². The molecule has 0 saturated heterocycles. The maximum atomic E-state index is 5.21. The summed E-state index contributed by atoms with van der Waals surface area (Å²) < 4.78 is 5.21. The molecule has 0 heterocycles. The first-order valence-corrected chi connectivity index (χ1v) is 4.36. The van der Waals surface area contributed by atoms with Crippen LogP contribution < -0.4 is 0 Å². The lowest BCUT2D eigenvalue weighted by Gasteiger charge is -1.94. The fraction of sp³-hybridized carbons (Fsp3) is 0.800. The molecule has 2 heteroatoms. The first kappa shape index (κ1) is 7.18. The van der Waals surface area contributed by atoms with Crippen molar-refractivity contribution in [3.63, 3.8) is 0 Å². The SMILES string of the molecule is [CH2]C[SiH2]OCCC. The minimum atomic E-state index is -0.200. The predicted molar refractivity (Wildman–Crippen MR) is 35.0 cm³/mol. The Labute approximate surface area is 48.0 Å². The number of hydrogen-bond acceptors (Lipinski definition) is 1. The van der Waals surface area contributed by atoms with Crippen molar-refractivity contribution in [2.45, 2.75) is 19.4 Å². The molecule has 0 aliphatic heterocycles. The van der Waals surface area contributed by atoms with Gasteiger partial charge >= 0.3 is 0 Å². The van der Waals surface area contributed by atoms with Gasteiger partial charge in [-0.1, -0.05) is 13.8 Å². The van der Waals surface area contributed by atoms with Gasteiger partial charge in [0.15, 0.2) is 9.76 Å². The highest BCUT2D eigenvalue weighted by molar-refractivity contribution is 6.27. The van der Waals surface area contributed by atoms with Crippen molar-refractivity contribution >= 4 is 9.76 Å². The fourth-order valence-electron chi connectivity index (χ4n) is 0.348. The molecule has 0 bridgehead atoms. The van der Waals surface area contributed by atoms with Crippen molar-refractivity contribution in [2.24, 2.45) is 0 Å². The summed E-state index contributed by atoms with van der Waals surface area (Å²) in [6.07, 6.45) is 1.15. The Bertz CT molecular complexity index is 27.3. The molecule has 0 amide bonds. The third-order valence-corrected chi connectivity index (χ3v) is 1.50. The third-order valence-electron chi connectivity index (χ3n) is 0.637. The van der Waals surface area contributed by atoms with E-state index in [1.807, 2.05) is 0 Å². The highest BCUT2D eigenvalue weighted by Gasteiger charge is 1.79. The quantitative estimate of drug-likeness (QED) is 0.390. The molecule has 1 nitrogen and oxygen atoms in total. The Balaban J connectivity index is 2.45. The molecule has 0 aliphatic carbocycles. The standard InChI is InChI=1S/C5H13OSi/c1-3-5-6-7-4-2/h2-5,7H2,1H3. The van der Waals surface area contributed by atoms with Crippen LogP contribution >= 0.6 is 0 Å². The normalized spacial score (nSPS) is 11.1. The largest absolute Gasteiger partial charge is 0.424 e. The minimum Gasteiger partial charge on any atom is -0.424 e. The van der Waals surface area contributed by atoms with E-state index in [2.05, 4.69) is 13.8 Å². The Hall–Kier alpha value is 0.177. The van der Waals surface area contributed by atoms with Gasteiger partial charge in [0, 0.05) is 6.61 Å². The third kappa shape index (κ3) is 6.18. The Kier molecular flexibility index (Phi) is 6.33. The van der Waals surface area contributed by atoms with E-state index in [0.29, 0.717) is 0 Å². The number of hydrogen-bond donors (Lipinski definition) is 0. The lowest BCUT2D eigenvalue weighted by atomic mass is 10.5. The summed E-state index contributed by atoms with van der Waals surface area (Å²) in [4.78, 5) is 0. The van der Waals surface area contributed by atoms with Crippen LogP contribution in [0, 0.1) is 6.92 Å². The second kappa shape index (κ2) is 6.18. The van der Waals surface area contributed by atoms with Crippen LogP contribution in [0.4, 0.5) is 0 Å². The lowest BCUT2D eigenvalue weighted by molar-refractivity contribution is 0.336. The van der Waals surface area contributed by atoms with Gasteiger partial charge in [0.05, 0.1) is 0 Å². The van der Waals surface area contributed by atoms with Gasteiger partial charge in [-0.3, -0.25) is 0 Å². The average Bonchev–Trinajstić information content (AvgIpc) is 1.69. The Morgan fingerprint density at radius 2 is 2.43 bits per heavy atom. The van der Waals surface area contributed by atoms with E-state index in [1.165, 1.54) is 0 Å². The summed E-state index contributed by atoms with van der Waals surface area (Å²) in [6, 6.07) is 1.03. The predicted octanol–water partition coefficient (Wildman–Crippen LogP) is 0.749. The zero-order valence-corrected chi connectivity index (χ0v) is 6.36. The van der Waals surface area contributed by atoms with Crippen LogP contribution in [-0.4, -0.2) is 16.4 Å². The van der Waals surface area contributed by atoms with Gasteiger partial charge in [-0.05, 0) is 12.5 Å². The minimum absolute atomic E-state index is 0.200. The molecule has 0 aromatic rings. The van der Waals surface area contributed by atoms with E-state index < -0.39 is 0 Å². The van der Waals surface area contributed by atoms with E-state index in [-0.39, 0.29) is 9.76 Å². The van der Waals surface area contributed by atoms with E-state index in [1.54, 1.807) is 0 Å². The maximum absolute atomic E-state index is 5.21. The molecule has 0 unspecified atom stereocenters. The molecule has 0 aromatic heterocycles. The van der Waals surface area contributed by atoms with Gasteiger partial charge in [-0.2, -0.15) is 0 Å². The topological polar surface area (TPSA) is 9.23 Å². The van der Waals surface area contributed by atoms with Crippen molar-refractivity contribution in [1.82, 2.24) is 0 Å². The first-order chi connectivity index (χ1) is 3.41. The summed E-state index contributed by atoms with van der Waals surface area (Å²) in [6.45, 7) is 6.76. The lowest BCUT2D eigenvalue weighted by Crippen LogP contribution is -1.96. The fourth-order valence-corrected chi connectivity index (χ4v) is 1.05. The molecule has 7 heavy (non-hydrogen) atoms. The highest BCUT2D eigenvalue weighted by Crippen LogP contribution is 1.79. The molecule has 0 spiro atoms. The molecular formula is C5H13OSi. The Morgan fingerprint density at radius 3 is 2.86 bits per heavy atom. The summed E-state index contributed by atoms with van der Waals surface area (Å²) in [5.74, 6) is 0. The molecule has 0 rings (SSSR count). The second-order valence-corrected chi connectivity index (χ2v) is 2.99. The van der Waals surface area contributed by atoms with Crippen LogP contribution in [0.5, 0.6) is 0 Å². The van der Waals surface area contributed by atoms with Crippen LogP contribution in [0.25, 0.3) is 0 Å². The van der Waals surface area contributed by atoms with Gasteiger partial charge < -0.3 is 4.43 Å². The Morgan fingerprint density at radius 1 is 1.71 bits per heavy atom. The molecule has 0 fully saturated rings. The van der Waals surface area contributed by atoms with E-state index in [4.69, 9.17) is 4.43 Å². The average molecular weight is 117 g/mol. The highest BCUT2D eigenvalue weighted by atomic mass is 28.2. The molecule has 1 radical (unpaired) electrons. The van der Waals surface area contributed by atoms with Crippen molar-refractivity contribution in [2.75, 3.05) is 6.61 Å². The van der Waals surface area contributed by atoms with Crippen molar-refractivity contribution in [3.05, 3.63) is 6.92 Å². The van der Waals surface area contributed by atoms with Crippen LogP contribution in [0.3, 0.4) is 0 Å². The summed E-state index contributed by atoms with van der Waals surface area (Å²) >= 11 is 0. The maximum Gasteiger partial charge on any atom is 0.161 e. The molecule has 43 valence electrons. The number of rotatable bonds is 4. The van der Waals surface area contributed by atoms with E-state index in [0.717, 1.165) is 19.1 Å². The van der Waals surface area contributed by atoms with Crippen LogP contribution in [0.1, 0.15) is 13.3 Å². The van der Waals surface area contributed by atoms with Gasteiger partial charge in [0.2, 0.25) is 0 Å². The summed E-state index contributed by atoms with van der Waals surface area (Å²) in [7, 11) is -0.200. The zero-order valence-electron chi connectivity index (χ0n) is 4.94. The molecule has 0 aromatic carbocycles. The second-order valence-electron chi connectivity index (χ2n) is 1.47. The molecule has 0 saturated carbocycles. The van der Waals surface area contributed by atoms with Gasteiger partial charge in [-0.15, -0.1) is 0 Å². The molecule has 0 N–H and O–H groups in total. The molecule has 0 atom stereocenters. The van der Waals surface area contributed by atoms with Crippen LogP contribution in [0.2, 0.25) is 6.04 Å². The van der Waals surface area contributed by atoms with Crippen LogP contribution in [0.15, 0.2) is 0 Å². The van der Waals surface area contributed by atoms with Gasteiger partial charge in [0.25, 0.3) is 0 Å². The smallest absolute Gasteiger partial charge is 0.161 e. The first-order valence-electron chi connectivity index (χ1n) is 2.78. The van der Waals surface area contributed by atoms with Gasteiger partial charge in [-0.25, -0.2) is 0 Å². The molecular weight excluding hydrogens is 104 g/mol. The summed E-state index contributed by atoms with van der Waals surface area (Å²) in [5.41, 5.74) is 0. The van der Waals surface area contributed by atoms with E-state index in [9.17, 15) is 0 Å². The summed E-state index contributed by atoms with van der Waals surface area (Å²) in [5, 5.41) is 0. The monoisotopic (exact) mass is 117 g/mol. The molecule has 0 aliphatic rings. The van der Waals surface area contributed by atoms with E-state index >= 15 is 0 Å². The zero-order chi connectivity index (χ0) is 5.54. The van der Waals surface area contributed by atoms with Gasteiger partial charge in [0.1, 0.15) is 0 Å². The van der Waals surface area contributed by atoms with Crippen LogP contribution in [-0.2, 0) is 4.43 Å². The van der Waals surface area contributed by atoms with Crippen molar-refractivity contribution in [1.29, 1.82) is 0 Å².